The zero-order chi connectivity index (χ0) is 13.7. The van der Waals surface area contributed by atoms with Gasteiger partial charge in [-0.05, 0) is 24.6 Å². The molecule has 1 aromatic heterocycles. The molecule has 4 heteroatoms. The summed E-state index contributed by atoms with van der Waals surface area (Å²) in [7, 11) is 0. The molecule has 0 radical (unpaired) electrons. The Kier molecular flexibility index (Phi) is 4.26. The van der Waals surface area contributed by atoms with Crippen molar-refractivity contribution in [2.24, 2.45) is 0 Å². The van der Waals surface area contributed by atoms with E-state index >= 15 is 0 Å². The number of carbonyl (C=O) groups is 1. The van der Waals surface area contributed by atoms with Gasteiger partial charge in [0.25, 0.3) is 0 Å². The Morgan fingerprint density at radius 3 is 2.63 bits per heavy atom. The fourth-order valence-corrected chi connectivity index (χ4v) is 1.78. The monoisotopic (exact) mass is 257 g/mol. The summed E-state index contributed by atoms with van der Waals surface area (Å²) in [5, 5.41) is 9.02. The molecule has 98 valence electrons. The third-order valence-corrected chi connectivity index (χ3v) is 2.71. The van der Waals surface area contributed by atoms with E-state index in [1.807, 2.05) is 12.1 Å². The third kappa shape index (κ3) is 2.98. The molecule has 2 rings (SSSR count). The molecule has 1 aromatic carbocycles. The van der Waals surface area contributed by atoms with Crippen LogP contribution in [0.4, 0.5) is 0 Å². The maximum absolute atomic E-state index is 11.9. The minimum atomic E-state index is -0.378. The number of esters is 1. The van der Waals surface area contributed by atoms with Crippen LogP contribution in [0, 0.1) is 0 Å². The highest BCUT2D eigenvalue weighted by atomic mass is 16.5. The maximum atomic E-state index is 11.9. The molecule has 1 heterocycles. The summed E-state index contributed by atoms with van der Waals surface area (Å²) in [5.74, 6) is -0.378. The minimum absolute atomic E-state index is 0.00671. The Morgan fingerprint density at radius 1 is 1.26 bits per heavy atom. The average molecular weight is 257 g/mol. The van der Waals surface area contributed by atoms with Gasteiger partial charge in [-0.2, -0.15) is 0 Å². The molecule has 0 atom stereocenters. The van der Waals surface area contributed by atoms with Gasteiger partial charge >= 0.3 is 5.97 Å². The number of hydrogen-bond acceptors (Lipinski definition) is 4. The predicted molar refractivity (Wildman–Crippen MR) is 71.6 cm³/mol. The quantitative estimate of drug-likeness (QED) is 0.854. The topological polar surface area (TPSA) is 59.4 Å². The first-order chi connectivity index (χ1) is 9.26. The van der Waals surface area contributed by atoms with E-state index in [-0.39, 0.29) is 12.6 Å². The Morgan fingerprint density at radius 2 is 2.00 bits per heavy atom. The molecule has 0 bridgehead atoms. The SMILES string of the molecule is CCOC(=O)c1cccnc1-c1ccc(CO)cc1. The van der Waals surface area contributed by atoms with Gasteiger partial charge in [-0.15, -0.1) is 0 Å². The minimum Gasteiger partial charge on any atom is -0.462 e. The Hall–Kier alpha value is -2.20. The standard InChI is InChI=1S/C15H15NO3/c1-2-19-15(18)13-4-3-9-16-14(13)12-7-5-11(10-17)6-8-12/h3-9,17H,2,10H2,1H3. The second-order valence-electron chi connectivity index (χ2n) is 3.98. The summed E-state index contributed by atoms with van der Waals surface area (Å²) in [6, 6.07) is 10.7. The van der Waals surface area contributed by atoms with Crippen LogP contribution in [0.25, 0.3) is 11.3 Å². The van der Waals surface area contributed by atoms with Gasteiger partial charge in [0.1, 0.15) is 0 Å². The number of aromatic nitrogens is 1. The molecule has 0 saturated carbocycles. The molecule has 4 nitrogen and oxygen atoms in total. The number of aliphatic hydroxyl groups is 1. The molecule has 0 aliphatic heterocycles. The highest BCUT2D eigenvalue weighted by Crippen LogP contribution is 2.22. The molecule has 0 aliphatic rings. The highest BCUT2D eigenvalue weighted by molar-refractivity contribution is 5.96. The fraction of sp³-hybridized carbons (Fsp3) is 0.200. The fourth-order valence-electron chi connectivity index (χ4n) is 1.78. The molecule has 0 fully saturated rings. The summed E-state index contributed by atoms with van der Waals surface area (Å²) < 4.78 is 5.02. The maximum Gasteiger partial charge on any atom is 0.340 e. The molecule has 0 unspecified atom stereocenters. The third-order valence-electron chi connectivity index (χ3n) is 2.71. The summed E-state index contributed by atoms with van der Waals surface area (Å²) in [4.78, 5) is 16.1. The van der Waals surface area contributed by atoms with Crippen LogP contribution >= 0.6 is 0 Å². The zero-order valence-corrected chi connectivity index (χ0v) is 10.7. The van der Waals surface area contributed by atoms with Gasteiger partial charge in [-0.1, -0.05) is 24.3 Å². The first kappa shape index (κ1) is 13.2. The van der Waals surface area contributed by atoms with E-state index in [4.69, 9.17) is 9.84 Å². The zero-order valence-electron chi connectivity index (χ0n) is 10.7. The molecule has 2 aromatic rings. The van der Waals surface area contributed by atoms with Crippen LogP contribution in [0.2, 0.25) is 0 Å². The van der Waals surface area contributed by atoms with Crippen molar-refractivity contribution in [1.29, 1.82) is 0 Å². The van der Waals surface area contributed by atoms with E-state index < -0.39 is 0 Å². The van der Waals surface area contributed by atoms with Gasteiger partial charge in [-0.3, -0.25) is 4.98 Å². The largest absolute Gasteiger partial charge is 0.462 e. The second kappa shape index (κ2) is 6.11. The van der Waals surface area contributed by atoms with Crippen molar-refractivity contribution in [2.75, 3.05) is 6.61 Å². The smallest absolute Gasteiger partial charge is 0.340 e. The van der Waals surface area contributed by atoms with Crippen LogP contribution in [-0.4, -0.2) is 22.7 Å². The van der Waals surface area contributed by atoms with Gasteiger partial charge in [0.2, 0.25) is 0 Å². The van der Waals surface area contributed by atoms with Crippen molar-refractivity contribution >= 4 is 5.97 Å². The number of hydrogen-bond donors (Lipinski definition) is 1. The van der Waals surface area contributed by atoms with Gasteiger partial charge in [0.15, 0.2) is 0 Å². The Balaban J connectivity index is 2.40. The molecular formula is C15H15NO3. The number of nitrogens with zero attached hydrogens (tertiary/aromatic N) is 1. The van der Waals surface area contributed by atoms with Crippen LogP contribution in [0.15, 0.2) is 42.6 Å². The molecule has 19 heavy (non-hydrogen) atoms. The first-order valence-corrected chi connectivity index (χ1v) is 6.08. The number of benzene rings is 1. The number of pyridine rings is 1. The van der Waals surface area contributed by atoms with E-state index in [1.54, 1.807) is 37.4 Å². The Bertz CT molecular complexity index is 564. The summed E-state index contributed by atoms with van der Waals surface area (Å²) in [6.07, 6.45) is 1.64. The van der Waals surface area contributed by atoms with E-state index in [1.165, 1.54) is 0 Å². The molecule has 1 N–H and O–H groups in total. The summed E-state index contributed by atoms with van der Waals surface area (Å²) in [5.41, 5.74) is 2.67. The lowest BCUT2D eigenvalue weighted by molar-refractivity contribution is 0.0527. The van der Waals surface area contributed by atoms with E-state index in [9.17, 15) is 4.79 Å². The predicted octanol–water partition coefficient (Wildman–Crippen LogP) is 2.42. The van der Waals surface area contributed by atoms with Gasteiger partial charge in [-0.25, -0.2) is 4.79 Å². The lowest BCUT2D eigenvalue weighted by atomic mass is 10.0. The number of ether oxygens (including phenoxy) is 1. The second-order valence-corrected chi connectivity index (χ2v) is 3.98. The van der Waals surface area contributed by atoms with Crippen molar-refractivity contribution in [3.8, 4) is 11.3 Å². The lowest BCUT2D eigenvalue weighted by Gasteiger charge is -2.08. The summed E-state index contributed by atoms with van der Waals surface area (Å²) >= 11 is 0. The number of aliphatic hydroxyl groups excluding tert-OH is 1. The normalized spacial score (nSPS) is 10.2. The molecule has 0 spiro atoms. The van der Waals surface area contributed by atoms with Crippen LogP contribution in [0.1, 0.15) is 22.8 Å². The van der Waals surface area contributed by atoms with E-state index in [0.29, 0.717) is 17.9 Å². The lowest BCUT2D eigenvalue weighted by Crippen LogP contribution is -2.07. The van der Waals surface area contributed by atoms with Gasteiger partial charge in [0, 0.05) is 11.8 Å². The molecular weight excluding hydrogens is 242 g/mol. The summed E-state index contributed by atoms with van der Waals surface area (Å²) in [6.45, 7) is 2.09. The van der Waals surface area contributed by atoms with Crippen molar-refractivity contribution < 1.29 is 14.6 Å². The average Bonchev–Trinajstić information content (AvgIpc) is 2.47. The van der Waals surface area contributed by atoms with Crippen molar-refractivity contribution in [1.82, 2.24) is 4.98 Å². The van der Waals surface area contributed by atoms with Crippen LogP contribution in [-0.2, 0) is 11.3 Å². The Labute approximate surface area is 111 Å². The van der Waals surface area contributed by atoms with E-state index in [2.05, 4.69) is 4.98 Å². The van der Waals surface area contributed by atoms with Crippen molar-refractivity contribution in [3.63, 3.8) is 0 Å². The van der Waals surface area contributed by atoms with Gasteiger partial charge < -0.3 is 9.84 Å². The molecule has 0 aliphatic carbocycles. The van der Waals surface area contributed by atoms with Crippen molar-refractivity contribution in [3.05, 3.63) is 53.7 Å². The van der Waals surface area contributed by atoms with E-state index in [0.717, 1.165) is 11.1 Å². The first-order valence-electron chi connectivity index (χ1n) is 6.08. The van der Waals surface area contributed by atoms with Crippen LogP contribution in [0.3, 0.4) is 0 Å². The van der Waals surface area contributed by atoms with Gasteiger partial charge in [0.05, 0.1) is 24.5 Å². The highest BCUT2D eigenvalue weighted by Gasteiger charge is 2.14. The number of rotatable bonds is 4. The van der Waals surface area contributed by atoms with Crippen LogP contribution < -0.4 is 0 Å². The number of carbonyl (C=O) groups excluding carboxylic acids is 1. The van der Waals surface area contributed by atoms with Crippen LogP contribution in [0.5, 0.6) is 0 Å². The van der Waals surface area contributed by atoms with Crippen molar-refractivity contribution in [2.45, 2.75) is 13.5 Å². The molecule has 0 amide bonds. The molecule has 0 saturated heterocycles.